The van der Waals surface area contributed by atoms with Gasteiger partial charge in [0.1, 0.15) is 5.60 Å². The Morgan fingerprint density at radius 2 is 1.85 bits per heavy atom. The van der Waals surface area contributed by atoms with Crippen LogP contribution in [0.3, 0.4) is 0 Å². The third-order valence-electron chi connectivity index (χ3n) is 2.74. The van der Waals surface area contributed by atoms with Crippen LogP contribution >= 0.6 is 0 Å². The van der Waals surface area contributed by atoms with Crippen LogP contribution in [0.5, 0.6) is 0 Å². The Labute approximate surface area is 118 Å². The van der Waals surface area contributed by atoms with Crippen LogP contribution in [0.2, 0.25) is 0 Å². The van der Waals surface area contributed by atoms with Crippen molar-refractivity contribution in [3.05, 3.63) is 0 Å². The van der Waals surface area contributed by atoms with Crippen LogP contribution in [0.1, 0.15) is 34.6 Å². The minimum atomic E-state index is -1.12. The van der Waals surface area contributed by atoms with Gasteiger partial charge in [0, 0.05) is 0 Å². The Morgan fingerprint density at radius 1 is 1.30 bits per heavy atom. The lowest BCUT2D eigenvalue weighted by Crippen LogP contribution is -2.48. The van der Waals surface area contributed by atoms with Crippen LogP contribution in [0.4, 0.5) is 9.59 Å². The molecule has 1 aliphatic rings. The molecule has 7 heteroatoms. The molecule has 1 fully saturated rings. The molecule has 20 heavy (non-hydrogen) atoms. The highest BCUT2D eigenvalue weighted by Crippen LogP contribution is 2.28. The summed E-state index contributed by atoms with van der Waals surface area (Å²) in [6.07, 6.45) is -2.85. The molecule has 1 rings (SSSR count). The molecule has 7 nitrogen and oxygen atoms in total. The van der Waals surface area contributed by atoms with E-state index >= 15 is 0 Å². The molecule has 2 amide bonds. The second kappa shape index (κ2) is 5.68. The highest BCUT2D eigenvalue weighted by molar-refractivity contribution is 5.93. The molecule has 0 aromatic rings. The Bertz CT molecular complexity index is 412. The van der Waals surface area contributed by atoms with E-state index in [1.54, 1.807) is 34.6 Å². The molecule has 1 heterocycles. The maximum Gasteiger partial charge on any atom is 0.420 e. The van der Waals surface area contributed by atoms with Gasteiger partial charge in [-0.1, -0.05) is 13.8 Å². The van der Waals surface area contributed by atoms with Crippen LogP contribution in [0.15, 0.2) is 0 Å². The van der Waals surface area contributed by atoms with E-state index in [9.17, 15) is 14.4 Å². The first-order valence-corrected chi connectivity index (χ1v) is 6.39. The van der Waals surface area contributed by atoms with Gasteiger partial charge in [-0.3, -0.25) is 0 Å². The van der Waals surface area contributed by atoms with E-state index in [1.165, 1.54) is 7.11 Å². The average Bonchev–Trinajstić information content (AvgIpc) is 2.63. The average molecular weight is 287 g/mol. The highest BCUT2D eigenvalue weighted by Gasteiger charge is 2.52. The molecule has 0 bridgehead atoms. The first-order chi connectivity index (χ1) is 9.08. The summed E-state index contributed by atoms with van der Waals surface area (Å²) in [5.74, 6) is -0.874. The van der Waals surface area contributed by atoms with Crippen LogP contribution in [0, 0.1) is 5.92 Å². The van der Waals surface area contributed by atoms with E-state index in [-0.39, 0.29) is 5.92 Å². The van der Waals surface area contributed by atoms with Crippen LogP contribution in [-0.2, 0) is 19.0 Å². The van der Waals surface area contributed by atoms with Gasteiger partial charge in [0.05, 0.1) is 13.2 Å². The third-order valence-corrected chi connectivity index (χ3v) is 2.74. The predicted octanol–water partition coefficient (Wildman–Crippen LogP) is 1.94. The number of amides is 2. The monoisotopic (exact) mass is 287 g/mol. The number of imide groups is 1. The smallest absolute Gasteiger partial charge is 0.420 e. The van der Waals surface area contributed by atoms with Crippen molar-refractivity contribution >= 4 is 18.2 Å². The molecular weight excluding hydrogens is 266 g/mol. The van der Waals surface area contributed by atoms with E-state index in [0.29, 0.717) is 0 Å². The molecule has 0 unspecified atom stereocenters. The van der Waals surface area contributed by atoms with E-state index in [1.807, 2.05) is 0 Å². The van der Waals surface area contributed by atoms with Gasteiger partial charge in [-0.2, -0.15) is 0 Å². The number of methoxy groups -OCH3 is 1. The standard InChI is InChI=1S/C13H21NO6/c1-7(2)8-9(10(15)18-6)19-11(16)14(8)12(17)20-13(3,4)5/h7-9H,1-6H3/t8-,9+/m1/s1. The Hall–Kier alpha value is -1.79. The Kier molecular flexibility index (Phi) is 4.62. The van der Waals surface area contributed by atoms with Gasteiger partial charge in [0.2, 0.25) is 6.10 Å². The van der Waals surface area contributed by atoms with E-state index < -0.39 is 35.9 Å². The van der Waals surface area contributed by atoms with Crippen LogP contribution in [-0.4, -0.2) is 47.9 Å². The molecule has 1 aliphatic heterocycles. The quantitative estimate of drug-likeness (QED) is 0.570. The first-order valence-electron chi connectivity index (χ1n) is 6.39. The van der Waals surface area contributed by atoms with Crippen molar-refractivity contribution in [3.8, 4) is 0 Å². The van der Waals surface area contributed by atoms with Crippen molar-refractivity contribution < 1.29 is 28.6 Å². The van der Waals surface area contributed by atoms with Crippen LogP contribution in [0.25, 0.3) is 0 Å². The summed E-state index contributed by atoms with van der Waals surface area (Å²) in [5.41, 5.74) is -0.748. The lowest BCUT2D eigenvalue weighted by atomic mass is 9.98. The summed E-state index contributed by atoms with van der Waals surface area (Å²) < 4.78 is 14.7. The van der Waals surface area contributed by atoms with Gasteiger partial charge in [0.15, 0.2) is 0 Å². The molecule has 0 aliphatic carbocycles. The summed E-state index contributed by atoms with van der Waals surface area (Å²) in [6.45, 7) is 8.62. The van der Waals surface area contributed by atoms with Crippen molar-refractivity contribution in [2.75, 3.05) is 7.11 Å². The summed E-state index contributed by atoms with van der Waals surface area (Å²) in [4.78, 5) is 36.4. The van der Waals surface area contributed by atoms with E-state index in [2.05, 4.69) is 4.74 Å². The molecule has 114 valence electrons. The number of ether oxygens (including phenoxy) is 3. The molecule has 2 atom stereocenters. The zero-order chi connectivity index (χ0) is 15.7. The zero-order valence-electron chi connectivity index (χ0n) is 12.6. The maximum atomic E-state index is 12.1. The first kappa shape index (κ1) is 16.3. The Morgan fingerprint density at radius 3 is 2.25 bits per heavy atom. The molecule has 1 saturated heterocycles. The number of esters is 1. The number of cyclic esters (lactones) is 1. The maximum absolute atomic E-state index is 12.1. The number of hydrogen-bond acceptors (Lipinski definition) is 6. The van der Waals surface area contributed by atoms with Crippen molar-refractivity contribution in [2.24, 2.45) is 5.92 Å². The van der Waals surface area contributed by atoms with Crippen LogP contribution < -0.4 is 0 Å². The van der Waals surface area contributed by atoms with E-state index in [0.717, 1.165) is 4.90 Å². The molecule has 0 radical (unpaired) electrons. The fourth-order valence-corrected chi connectivity index (χ4v) is 1.95. The number of hydrogen-bond donors (Lipinski definition) is 0. The lowest BCUT2D eigenvalue weighted by Gasteiger charge is -2.28. The SMILES string of the molecule is COC(=O)[C@H]1OC(=O)N(C(=O)OC(C)(C)C)[C@@H]1C(C)C. The number of carbonyl (C=O) groups excluding carboxylic acids is 3. The molecule has 0 aromatic carbocycles. The fraction of sp³-hybridized carbons (Fsp3) is 0.769. The largest absolute Gasteiger partial charge is 0.466 e. The van der Waals surface area contributed by atoms with Crippen molar-refractivity contribution in [1.82, 2.24) is 4.90 Å². The topological polar surface area (TPSA) is 82.1 Å². The summed E-state index contributed by atoms with van der Waals surface area (Å²) in [6, 6.07) is -0.746. The van der Waals surface area contributed by atoms with Gasteiger partial charge < -0.3 is 14.2 Å². The molecule has 0 aromatic heterocycles. The van der Waals surface area contributed by atoms with Gasteiger partial charge in [0.25, 0.3) is 0 Å². The Balaban J connectivity index is 3.02. The van der Waals surface area contributed by atoms with Gasteiger partial charge >= 0.3 is 18.2 Å². The third kappa shape index (κ3) is 3.40. The summed E-state index contributed by atoms with van der Waals surface area (Å²) in [7, 11) is 1.20. The molecule has 0 saturated carbocycles. The lowest BCUT2D eigenvalue weighted by molar-refractivity contribution is -0.150. The fourth-order valence-electron chi connectivity index (χ4n) is 1.95. The summed E-state index contributed by atoms with van der Waals surface area (Å²) in [5, 5.41) is 0. The van der Waals surface area contributed by atoms with Crippen molar-refractivity contribution in [2.45, 2.75) is 52.4 Å². The van der Waals surface area contributed by atoms with Crippen molar-refractivity contribution in [3.63, 3.8) is 0 Å². The van der Waals surface area contributed by atoms with E-state index in [4.69, 9.17) is 9.47 Å². The van der Waals surface area contributed by atoms with Gasteiger partial charge in [-0.25, -0.2) is 19.3 Å². The van der Waals surface area contributed by atoms with Gasteiger partial charge in [-0.05, 0) is 26.7 Å². The number of nitrogens with zero attached hydrogens (tertiary/aromatic N) is 1. The van der Waals surface area contributed by atoms with Crippen molar-refractivity contribution in [1.29, 1.82) is 0 Å². The number of carbonyl (C=O) groups is 3. The second-order valence-electron chi connectivity index (χ2n) is 5.91. The molecule has 0 N–H and O–H groups in total. The predicted molar refractivity (Wildman–Crippen MR) is 69.0 cm³/mol. The number of rotatable bonds is 2. The highest BCUT2D eigenvalue weighted by atomic mass is 16.6. The molecular formula is C13H21NO6. The molecule has 0 spiro atoms. The zero-order valence-corrected chi connectivity index (χ0v) is 12.6. The summed E-state index contributed by atoms with van der Waals surface area (Å²) >= 11 is 0. The second-order valence-corrected chi connectivity index (χ2v) is 5.91. The minimum Gasteiger partial charge on any atom is -0.466 e. The minimum absolute atomic E-state index is 0.182. The van der Waals surface area contributed by atoms with Gasteiger partial charge in [-0.15, -0.1) is 0 Å². The normalized spacial score (nSPS) is 22.8.